The molecule has 0 N–H and O–H groups in total. The van der Waals surface area contributed by atoms with Crippen molar-refractivity contribution in [3.8, 4) is 0 Å². The van der Waals surface area contributed by atoms with Crippen molar-refractivity contribution in [2.75, 3.05) is 7.05 Å². The molecule has 11 heavy (non-hydrogen) atoms. The molecular formula is C8H14N2S. The van der Waals surface area contributed by atoms with Crippen LogP contribution < -0.4 is 0 Å². The van der Waals surface area contributed by atoms with E-state index in [4.69, 9.17) is 0 Å². The Labute approximate surface area is 73.4 Å². The van der Waals surface area contributed by atoms with E-state index in [9.17, 15) is 0 Å². The maximum atomic E-state index is 4.35. The van der Waals surface area contributed by atoms with E-state index >= 15 is 0 Å². The highest BCUT2D eigenvalue weighted by atomic mass is 32.1. The Morgan fingerprint density at radius 2 is 2.27 bits per heavy atom. The van der Waals surface area contributed by atoms with Crippen molar-refractivity contribution in [1.82, 2.24) is 4.90 Å². The van der Waals surface area contributed by atoms with Gasteiger partial charge in [-0.3, -0.25) is 4.99 Å². The SMILES string of the molecule is CC(C)C1N=CC(S)=CN1C. The van der Waals surface area contributed by atoms with Crippen molar-refractivity contribution in [2.24, 2.45) is 10.9 Å². The Bertz CT molecular complexity index is 196. The van der Waals surface area contributed by atoms with Crippen molar-refractivity contribution >= 4 is 18.8 Å². The number of allylic oxidation sites excluding steroid dienone is 1. The normalized spacial score (nSPS) is 24.3. The average molecular weight is 170 g/mol. The van der Waals surface area contributed by atoms with E-state index in [0.29, 0.717) is 5.92 Å². The van der Waals surface area contributed by atoms with Crippen molar-refractivity contribution in [3.05, 3.63) is 11.1 Å². The molecule has 1 atom stereocenters. The standard InChI is InChI=1S/C8H14N2S/c1-6(2)8-9-4-7(11)5-10(8)3/h4-6,8,11H,1-3H3. The molecule has 1 heterocycles. The van der Waals surface area contributed by atoms with Crippen LogP contribution in [0.4, 0.5) is 0 Å². The number of nitrogens with zero attached hydrogens (tertiary/aromatic N) is 2. The van der Waals surface area contributed by atoms with E-state index in [1.165, 1.54) is 0 Å². The molecule has 1 aliphatic heterocycles. The third-order valence-electron chi connectivity index (χ3n) is 1.71. The van der Waals surface area contributed by atoms with Crippen LogP contribution in [-0.2, 0) is 0 Å². The number of hydrogen-bond donors (Lipinski definition) is 1. The monoisotopic (exact) mass is 170 g/mol. The summed E-state index contributed by atoms with van der Waals surface area (Å²) in [6.07, 6.45) is 4.10. The van der Waals surface area contributed by atoms with Gasteiger partial charge < -0.3 is 4.90 Å². The largest absolute Gasteiger partial charge is 0.358 e. The second kappa shape index (κ2) is 3.30. The quantitative estimate of drug-likeness (QED) is 0.593. The fourth-order valence-electron chi connectivity index (χ4n) is 1.22. The molecular weight excluding hydrogens is 156 g/mol. The van der Waals surface area contributed by atoms with E-state index in [1.54, 1.807) is 0 Å². The lowest BCUT2D eigenvalue weighted by atomic mass is 10.1. The molecule has 2 nitrogen and oxygen atoms in total. The highest BCUT2D eigenvalue weighted by Gasteiger charge is 2.16. The van der Waals surface area contributed by atoms with Gasteiger partial charge in [-0.05, 0) is 5.92 Å². The van der Waals surface area contributed by atoms with Crippen molar-refractivity contribution in [2.45, 2.75) is 20.0 Å². The van der Waals surface area contributed by atoms with Crippen molar-refractivity contribution in [3.63, 3.8) is 0 Å². The van der Waals surface area contributed by atoms with Gasteiger partial charge >= 0.3 is 0 Å². The van der Waals surface area contributed by atoms with Crippen LogP contribution in [0.2, 0.25) is 0 Å². The number of hydrogen-bond acceptors (Lipinski definition) is 3. The van der Waals surface area contributed by atoms with Crippen LogP contribution in [0.3, 0.4) is 0 Å². The molecule has 0 bridgehead atoms. The molecule has 0 aromatic rings. The summed E-state index contributed by atoms with van der Waals surface area (Å²) in [5, 5.41) is 0. The summed E-state index contributed by atoms with van der Waals surface area (Å²) in [6, 6.07) is 0. The summed E-state index contributed by atoms with van der Waals surface area (Å²) in [5.74, 6) is 0.550. The predicted octanol–water partition coefficient (Wildman–Crippen LogP) is 1.76. The molecule has 1 unspecified atom stereocenters. The highest BCUT2D eigenvalue weighted by molar-refractivity contribution is 7.85. The van der Waals surface area contributed by atoms with Gasteiger partial charge in [-0.1, -0.05) is 13.8 Å². The molecule has 62 valence electrons. The molecule has 3 heteroatoms. The van der Waals surface area contributed by atoms with Crippen molar-refractivity contribution in [1.29, 1.82) is 0 Å². The molecule has 1 aliphatic rings. The molecule has 0 amide bonds. The molecule has 0 aromatic carbocycles. The van der Waals surface area contributed by atoms with Crippen LogP contribution in [0.25, 0.3) is 0 Å². The molecule has 0 aliphatic carbocycles. The van der Waals surface area contributed by atoms with Gasteiger partial charge in [0.15, 0.2) is 0 Å². The molecule has 0 saturated heterocycles. The lowest BCUT2D eigenvalue weighted by Crippen LogP contribution is -2.32. The van der Waals surface area contributed by atoms with Crippen LogP contribution in [-0.4, -0.2) is 24.3 Å². The summed E-state index contributed by atoms with van der Waals surface area (Å²) >= 11 is 4.20. The number of rotatable bonds is 1. The molecule has 0 radical (unpaired) electrons. The third kappa shape index (κ3) is 1.99. The van der Waals surface area contributed by atoms with Crippen LogP contribution in [0.1, 0.15) is 13.8 Å². The second-order valence-corrected chi connectivity index (χ2v) is 3.67. The van der Waals surface area contributed by atoms with E-state index in [2.05, 4.69) is 36.4 Å². The van der Waals surface area contributed by atoms with Crippen molar-refractivity contribution < 1.29 is 0 Å². The average Bonchev–Trinajstić information content (AvgIpc) is 1.85. The van der Waals surface area contributed by atoms with E-state index in [1.807, 2.05) is 19.5 Å². The molecule has 0 spiro atoms. The Morgan fingerprint density at radius 3 is 2.73 bits per heavy atom. The zero-order valence-corrected chi connectivity index (χ0v) is 8.05. The van der Waals surface area contributed by atoms with Gasteiger partial charge in [-0.2, -0.15) is 0 Å². The van der Waals surface area contributed by atoms with Gasteiger partial charge in [0.25, 0.3) is 0 Å². The first-order valence-electron chi connectivity index (χ1n) is 3.77. The maximum Gasteiger partial charge on any atom is 0.122 e. The summed E-state index contributed by atoms with van der Waals surface area (Å²) in [5.41, 5.74) is 0. The van der Waals surface area contributed by atoms with E-state index < -0.39 is 0 Å². The Balaban J connectivity index is 2.69. The summed E-state index contributed by atoms with van der Waals surface area (Å²) in [4.78, 5) is 7.36. The van der Waals surface area contributed by atoms with Gasteiger partial charge in [0, 0.05) is 24.4 Å². The topological polar surface area (TPSA) is 15.6 Å². The number of thiol groups is 1. The zero-order chi connectivity index (χ0) is 8.43. The van der Waals surface area contributed by atoms with E-state index in [-0.39, 0.29) is 6.17 Å². The van der Waals surface area contributed by atoms with Crippen LogP contribution in [0, 0.1) is 5.92 Å². The highest BCUT2D eigenvalue weighted by Crippen LogP contribution is 2.16. The zero-order valence-electron chi connectivity index (χ0n) is 7.15. The summed E-state index contributed by atoms with van der Waals surface area (Å²) < 4.78 is 0. The van der Waals surface area contributed by atoms with Crippen LogP contribution in [0.5, 0.6) is 0 Å². The van der Waals surface area contributed by atoms with Crippen LogP contribution >= 0.6 is 12.6 Å². The lowest BCUT2D eigenvalue weighted by Gasteiger charge is -2.29. The van der Waals surface area contributed by atoms with Gasteiger partial charge in [0.2, 0.25) is 0 Å². The predicted molar refractivity (Wildman–Crippen MR) is 52.0 cm³/mol. The molecule has 0 fully saturated rings. The van der Waals surface area contributed by atoms with Crippen LogP contribution in [0.15, 0.2) is 16.1 Å². The van der Waals surface area contributed by atoms with Gasteiger partial charge in [-0.25, -0.2) is 0 Å². The summed E-state index contributed by atoms with van der Waals surface area (Å²) in [6.45, 7) is 4.33. The first-order chi connectivity index (χ1) is 5.11. The fourth-order valence-corrected chi connectivity index (χ4v) is 1.47. The third-order valence-corrected chi connectivity index (χ3v) is 1.94. The Hall–Kier alpha value is -0.440. The second-order valence-electron chi connectivity index (χ2n) is 3.16. The smallest absolute Gasteiger partial charge is 0.122 e. The Morgan fingerprint density at radius 1 is 1.64 bits per heavy atom. The fraction of sp³-hybridized carbons (Fsp3) is 0.625. The van der Waals surface area contributed by atoms with E-state index in [0.717, 1.165) is 4.91 Å². The van der Waals surface area contributed by atoms with Gasteiger partial charge in [0.05, 0.1) is 0 Å². The lowest BCUT2D eigenvalue weighted by molar-refractivity contribution is 0.266. The first-order valence-corrected chi connectivity index (χ1v) is 4.22. The first kappa shape index (κ1) is 8.65. The minimum absolute atomic E-state index is 0.283. The number of aliphatic imine (C=N–C) groups is 1. The molecule has 0 aromatic heterocycles. The van der Waals surface area contributed by atoms with Gasteiger partial charge in [-0.15, -0.1) is 12.6 Å². The Kier molecular flexibility index (Phi) is 2.60. The summed E-state index contributed by atoms with van der Waals surface area (Å²) in [7, 11) is 2.03. The molecule has 0 saturated carbocycles. The minimum atomic E-state index is 0.283. The minimum Gasteiger partial charge on any atom is -0.358 e. The maximum absolute atomic E-state index is 4.35. The van der Waals surface area contributed by atoms with Gasteiger partial charge in [0.1, 0.15) is 6.17 Å². The molecule has 1 rings (SSSR count).